The molecule has 0 saturated carbocycles. The molecule has 8 heteroatoms. The zero-order valence-corrected chi connectivity index (χ0v) is 20.6. The van der Waals surface area contributed by atoms with E-state index < -0.39 is 24.0 Å². The number of aromatic carboxylic acids is 1. The van der Waals surface area contributed by atoms with Gasteiger partial charge in [-0.1, -0.05) is 48.5 Å². The number of anilines is 1. The Hall–Kier alpha value is -3.84. The molecule has 0 heterocycles. The van der Waals surface area contributed by atoms with Crippen molar-refractivity contribution >= 4 is 46.2 Å². The number of nitrogens with one attached hydrogen (secondary N) is 2. The maximum absolute atomic E-state index is 12.8. The summed E-state index contributed by atoms with van der Waals surface area (Å²) in [6, 6.07) is 19.4. The van der Waals surface area contributed by atoms with E-state index in [9.17, 15) is 19.5 Å². The van der Waals surface area contributed by atoms with Crippen LogP contribution in [-0.2, 0) is 9.53 Å². The van der Waals surface area contributed by atoms with E-state index in [0.717, 1.165) is 22.3 Å². The third-order valence-electron chi connectivity index (χ3n) is 5.74. The summed E-state index contributed by atoms with van der Waals surface area (Å²) >= 11 is 1.98. The standard InChI is InChI=1S/C27H21IN2O5/c1-2-7-24(25(31)29-23-13-12-16(28)14-21(23)26(32)33)30-27(34)35-15-22-19-10-5-3-8-17(19)18-9-4-6-11-20(18)22/h1,3-6,8-14,22,24H,7,15H2,(H,29,31)(H,30,34)(H,32,33). The van der Waals surface area contributed by atoms with Gasteiger partial charge in [-0.05, 0) is 63.0 Å². The normalized spacial score (nSPS) is 12.6. The molecule has 3 aromatic rings. The Labute approximate surface area is 216 Å². The zero-order chi connectivity index (χ0) is 24.9. The minimum Gasteiger partial charge on any atom is -0.478 e. The summed E-state index contributed by atoms with van der Waals surface area (Å²) in [4.78, 5) is 37.0. The van der Waals surface area contributed by atoms with Crippen molar-refractivity contribution in [1.82, 2.24) is 5.32 Å². The van der Waals surface area contributed by atoms with Crippen LogP contribution in [-0.4, -0.2) is 35.7 Å². The first-order valence-corrected chi connectivity index (χ1v) is 11.9. The molecule has 176 valence electrons. The van der Waals surface area contributed by atoms with Crippen molar-refractivity contribution in [3.8, 4) is 23.5 Å². The Morgan fingerprint density at radius 3 is 2.26 bits per heavy atom. The predicted molar refractivity (Wildman–Crippen MR) is 140 cm³/mol. The van der Waals surface area contributed by atoms with Gasteiger partial charge >= 0.3 is 12.1 Å². The lowest BCUT2D eigenvalue weighted by Crippen LogP contribution is -2.44. The number of fused-ring (bicyclic) bond motifs is 3. The molecule has 0 radical (unpaired) electrons. The number of alkyl carbamates (subject to hydrolysis) is 1. The average molecular weight is 580 g/mol. The van der Waals surface area contributed by atoms with Crippen LogP contribution in [0.1, 0.15) is 33.8 Å². The Morgan fingerprint density at radius 1 is 1.03 bits per heavy atom. The monoisotopic (exact) mass is 580 g/mol. The van der Waals surface area contributed by atoms with Gasteiger partial charge in [-0.3, -0.25) is 4.79 Å². The Bertz CT molecular complexity index is 1300. The van der Waals surface area contributed by atoms with E-state index in [0.29, 0.717) is 3.57 Å². The summed E-state index contributed by atoms with van der Waals surface area (Å²) in [5.74, 6) is 0.412. The fourth-order valence-electron chi connectivity index (χ4n) is 4.13. The smallest absolute Gasteiger partial charge is 0.407 e. The highest BCUT2D eigenvalue weighted by atomic mass is 127. The molecular formula is C27H21IN2O5. The van der Waals surface area contributed by atoms with Gasteiger partial charge in [0.2, 0.25) is 5.91 Å². The van der Waals surface area contributed by atoms with Crippen molar-refractivity contribution < 1.29 is 24.2 Å². The molecule has 4 rings (SSSR count). The van der Waals surface area contributed by atoms with Crippen LogP contribution in [0.4, 0.5) is 10.5 Å². The van der Waals surface area contributed by atoms with Gasteiger partial charge in [-0.2, -0.15) is 0 Å². The number of amides is 2. The number of carboxylic acids is 1. The van der Waals surface area contributed by atoms with Gasteiger partial charge in [0.25, 0.3) is 0 Å². The second-order valence-corrected chi connectivity index (χ2v) is 9.16. The van der Waals surface area contributed by atoms with Crippen LogP contribution in [0.3, 0.4) is 0 Å². The Balaban J connectivity index is 1.43. The molecule has 2 amide bonds. The molecule has 0 spiro atoms. The number of halogens is 1. The van der Waals surface area contributed by atoms with Crippen molar-refractivity contribution in [2.24, 2.45) is 0 Å². The van der Waals surface area contributed by atoms with E-state index in [2.05, 4.69) is 16.6 Å². The van der Waals surface area contributed by atoms with Gasteiger partial charge in [-0.15, -0.1) is 12.3 Å². The maximum Gasteiger partial charge on any atom is 0.407 e. The minimum atomic E-state index is -1.18. The van der Waals surface area contributed by atoms with E-state index >= 15 is 0 Å². The average Bonchev–Trinajstić information content (AvgIpc) is 3.17. The SMILES string of the molecule is C#CCC(NC(=O)OCC1c2ccccc2-c2ccccc21)C(=O)Nc1ccc(I)cc1C(=O)O. The van der Waals surface area contributed by atoms with Crippen molar-refractivity contribution in [1.29, 1.82) is 0 Å². The second-order valence-electron chi connectivity index (χ2n) is 7.92. The van der Waals surface area contributed by atoms with E-state index in [1.807, 2.05) is 71.1 Å². The highest BCUT2D eigenvalue weighted by molar-refractivity contribution is 14.1. The van der Waals surface area contributed by atoms with Gasteiger partial charge in [0.05, 0.1) is 11.3 Å². The van der Waals surface area contributed by atoms with Crippen molar-refractivity contribution in [3.05, 3.63) is 87.0 Å². The molecule has 0 bridgehead atoms. The minimum absolute atomic E-state index is 0.0640. The summed E-state index contributed by atoms with van der Waals surface area (Å²) in [5, 5.41) is 14.5. The largest absolute Gasteiger partial charge is 0.478 e. The molecule has 3 N–H and O–H groups in total. The fraction of sp³-hybridized carbons (Fsp3) is 0.148. The van der Waals surface area contributed by atoms with Crippen LogP contribution in [0.5, 0.6) is 0 Å². The highest BCUT2D eigenvalue weighted by Gasteiger charge is 2.30. The second kappa shape index (κ2) is 10.6. The van der Waals surface area contributed by atoms with Gasteiger partial charge in [-0.25, -0.2) is 9.59 Å². The maximum atomic E-state index is 12.8. The molecule has 1 unspecified atom stereocenters. The van der Waals surface area contributed by atoms with Crippen LogP contribution in [0.25, 0.3) is 11.1 Å². The van der Waals surface area contributed by atoms with E-state index in [1.54, 1.807) is 6.07 Å². The number of hydrogen-bond donors (Lipinski definition) is 3. The van der Waals surface area contributed by atoms with Gasteiger partial charge in [0.15, 0.2) is 0 Å². The lowest BCUT2D eigenvalue weighted by Gasteiger charge is -2.19. The first-order chi connectivity index (χ1) is 16.9. The Morgan fingerprint density at radius 2 is 1.66 bits per heavy atom. The summed E-state index contributed by atoms with van der Waals surface area (Å²) in [6.07, 6.45) is 4.51. The first kappa shape index (κ1) is 24.3. The van der Waals surface area contributed by atoms with Crippen LogP contribution < -0.4 is 10.6 Å². The lowest BCUT2D eigenvalue weighted by atomic mass is 9.98. The van der Waals surface area contributed by atoms with Gasteiger partial charge < -0.3 is 20.5 Å². The van der Waals surface area contributed by atoms with Crippen molar-refractivity contribution in [3.63, 3.8) is 0 Å². The first-order valence-electron chi connectivity index (χ1n) is 10.8. The number of rotatable bonds is 7. The van der Waals surface area contributed by atoms with E-state index in [-0.39, 0.29) is 30.2 Å². The molecule has 0 aromatic heterocycles. The fourth-order valence-corrected chi connectivity index (χ4v) is 4.62. The summed E-state index contributed by atoms with van der Waals surface area (Å²) in [6.45, 7) is 0.0878. The molecule has 1 atom stereocenters. The van der Waals surface area contributed by atoms with Crippen LogP contribution >= 0.6 is 22.6 Å². The van der Waals surface area contributed by atoms with E-state index in [1.165, 1.54) is 12.1 Å². The van der Waals surface area contributed by atoms with Crippen LogP contribution in [0, 0.1) is 15.9 Å². The summed E-state index contributed by atoms with van der Waals surface area (Å²) < 4.78 is 6.20. The highest BCUT2D eigenvalue weighted by Crippen LogP contribution is 2.44. The number of carbonyl (C=O) groups excluding carboxylic acids is 2. The number of terminal acetylenes is 1. The molecule has 0 saturated heterocycles. The zero-order valence-electron chi connectivity index (χ0n) is 18.5. The van der Waals surface area contributed by atoms with Crippen LogP contribution in [0.2, 0.25) is 0 Å². The molecule has 3 aromatic carbocycles. The van der Waals surface area contributed by atoms with Gasteiger partial charge in [0.1, 0.15) is 12.6 Å². The van der Waals surface area contributed by atoms with Crippen molar-refractivity contribution in [2.75, 3.05) is 11.9 Å². The third kappa shape index (κ3) is 5.30. The molecule has 1 aliphatic carbocycles. The van der Waals surface area contributed by atoms with Gasteiger partial charge in [0, 0.05) is 15.9 Å². The number of ether oxygens (including phenoxy) is 1. The molecule has 0 fully saturated rings. The van der Waals surface area contributed by atoms with E-state index in [4.69, 9.17) is 11.2 Å². The Kier molecular flexibility index (Phi) is 7.36. The lowest BCUT2D eigenvalue weighted by molar-refractivity contribution is -0.118. The van der Waals surface area contributed by atoms with Crippen LogP contribution in [0.15, 0.2) is 66.7 Å². The quantitative estimate of drug-likeness (QED) is 0.274. The molecule has 7 nitrogen and oxygen atoms in total. The molecule has 0 aliphatic heterocycles. The predicted octanol–water partition coefficient (Wildman–Crippen LogP) is 4.86. The van der Waals surface area contributed by atoms with Crippen molar-refractivity contribution in [2.45, 2.75) is 18.4 Å². The number of carbonyl (C=O) groups is 3. The number of carboxylic acid groups (broad SMARTS) is 1. The number of hydrogen-bond acceptors (Lipinski definition) is 4. The third-order valence-corrected chi connectivity index (χ3v) is 6.42. The summed E-state index contributed by atoms with van der Waals surface area (Å²) in [7, 11) is 0. The topological polar surface area (TPSA) is 105 Å². The molecule has 1 aliphatic rings. The molecular weight excluding hydrogens is 559 g/mol. The molecule has 35 heavy (non-hydrogen) atoms. The number of benzene rings is 3. The summed E-state index contributed by atoms with van der Waals surface area (Å²) in [5.41, 5.74) is 4.39.